The largest absolute Gasteiger partial charge is 0.497 e. The van der Waals surface area contributed by atoms with Gasteiger partial charge < -0.3 is 20.3 Å². The minimum absolute atomic E-state index is 0.108. The Labute approximate surface area is 191 Å². The van der Waals surface area contributed by atoms with E-state index >= 15 is 0 Å². The first-order valence-electron chi connectivity index (χ1n) is 11.5. The van der Waals surface area contributed by atoms with E-state index in [0.29, 0.717) is 12.6 Å². The first kappa shape index (κ1) is 23.6. The van der Waals surface area contributed by atoms with Crippen LogP contribution < -0.4 is 20.3 Å². The lowest BCUT2D eigenvalue weighted by atomic mass is 9.94. The second kappa shape index (κ2) is 11.6. The van der Waals surface area contributed by atoms with E-state index in [1.807, 2.05) is 24.3 Å². The fourth-order valence-corrected chi connectivity index (χ4v) is 4.32. The molecule has 6 nitrogen and oxygen atoms in total. The van der Waals surface area contributed by atoms with Crippen molar-refractivity contribution in [1.82, 2.24) is 10.6 Å². The summed E-state index contributed by atoms with van der Waals surface area (Å²) < 4.78 is 5.19. The number of anilines is 1. The summed E-state index contributed by atoms with van der Waals surface area (Å²) >= 11 is 0. The molecule has 6 heteroatoms. The quantitative estimate of drug-likeness (QED) is 0.612. The predicted octanol–water partition coefficient (Wildman–Crippen LogP) is 4.35. The molecule has 0 aromatic heterocycles. The van der Waals surface area contributed by atoms with Gasteiger partial charge in [0.25, 0.3) is 0 Å². The van der Waals surface area contributed by atoms with Crippen LogP contribution in [0.1, 0.15) is 62.6 Å². The summed E-state index contributed by atoms with van der Waals surface area (Å²) in [5.41, 5.74) is 3.14. The molecule has 1 saturated carbocycles. The van der Waals surface area contributed by atoms with E-state index in [1.165, 1.54) is 44.7 Å². The van der Waals surface area contributed by atoms with E-state index in [9.17, 15) is 9.59 Å². The van der Waals surface area contributed by atoms with Crippen LogP contribution in [0.15, 0.2) is 48.5 Å². The number of hydrogen-bond donors (Lipinski definition) is 2. The lowest BCUT2D eigenvalue weighted by Crippen LogP contribution is -2.33. The van der Waals surface area contributed by atoms with E-state index in [2.05, 4.69) is 46.8 Å². The molecule has 0 radical (unpaired) electrons. The molecule has 0 saturated heterocycles. The smallest absolute Gasteiger partial charge is 0.222 e. The van der Waals surface area contributed by atoms with Crippen molar-refractivity contribution in [2.75, 3.05) is 19.1 Å². The number of carbonyl (C=O) groups excluding carboxylic acids is 2. The van der Waals surface area contributed by atoms with E-state index in [1.54, 1.807) is 7.11 Å². The predicted molar refractivity (Wildman–Crippen MR) is 128 cm³/mol. The SMILES string of the molecule is COc1ccc(C(CC(=O)NCc2ccc(N(C)C3CCCCC3)cc2)NC(C)=O)cc1. The Balaban J connectivity index is 1.54. The maximum atomic E-state index is 12.6. The third-order valence-corrected chi connectivity index (χ3v) is 6.24. The molecule has 32 heavy (non-hydrogen) atoms. The molecule has 1 unspecified atom stereocenters. The number of nitrogens with one attached hydrogen (secondary N) is 2. The molecule has 1 aliphatic rings. The van der Waals surface area contributed by atoms with Crippen molar-refractivity contribution in [3.05, 3.63) is 59.7 Å². The van der Waals surface area contributed by atoms with Gasteiger partial charge in [-0.25, -0.2) is 0 Å². The Morgan fingerprint density at radius 1 is 1.03 bits per heavy atom. The highest BCUT2D eigenvalue weighted by atomic mass is 16.5. The molecule has 2 aromatic carbocycles. The third kappa shape index (κ3) is 6.74. The number of carbonyl (C=O) groups is 2. The van der Waals surface area contributed by atoms with Crippen LogP contribution in [0.5, 0.6) is 5.75 Å². The van der Waals surface area contributed by atoms with Gasteiger partial charge in [-0.1, -0.05) is 43.5 Å². The summed E-state index contributed by atoms with van der Waals surface area (Å²) in [6.45, 7) is 1.92. The highest BCUT2D eigenvalue weighted by Crippen LogP contribution is 2.26. The van der Waals surface area contributed by atoms with Gasteiger partial charge in [0.05, 0.1) is 19.6 Å². The summed E-state index contributed by atoms with van der Waals surface area (Å²) in [7, 11) is 3.78. The Bertz CT molecular complexity index is 874. The van der Waals surface area contributed by atoms with Crippen LogP contribution in [0.4, 0.5) is 5.69 Å². The first-order valence-corrected chi connectivity index (χ1v) is 11.5. The Kier molecular flexibility index (Phi) is 8.54. The monoisotopic (exact) mass is 437 g/mol. The molecule has 1 aliphatic carbocycles. The fourth-order valence-electron chi connectivity index (χ4n) is 4.32. The lowest BCUT2D eigenvalue weighted by Gasteiger charge is -2.33. The zero-order valence-electron chi connectivity index (χ0n) is 19.4. The number of rotatable bonds is 9. The normalized spacial score (nSPS) is 15.0. The van der Waals surface area contributed by atoms with E-state index in [0.717, 1.165) is 16.9 Å². The van der Waals surface area contributed by atoms with Crippen molar-refractivity contribution >= 4 is 17.5 Å². The van der Waals surface area contributed by atoms with Gasteiger partial charge in [0, 0.05) is 32.2 Å². The van der Waals surface area contributed by atoms with Gasteiger partial charge in [-0.15, -0.1) is 0 Å². The standard InChI is InChI=1S/C26H35N3O3/c1-19(30)28-25(21-11-15-24(32-3)16-12-21)17-26(31)27-18-20-9-13-23(14-10-20)29(2)22-7-5-4-6-8-22/h9-16,22,25H,4-8,17-18H2,1-3H3,(H,27,31)(H,28,30). The van der Waals surface area contributed by atoms with Crippen molar-refractivity contribution in [2.45, 2.75) is 64.1 Å². The molecular formula is C26H35N3O3. The average molecular weight is 438 g/mol. The topological polar surface area (TPSA) is 70.7 Å². The molecule has 1 fully saturated rings. The van der Waals surface area contributed by atoms with Crippen LogP contribution in [0.2, 0.25) is 0 Å². The molecular weight excluding hydrogens is 402 g/mol. The van der Waals surface area contributed by atoms with Gasteiger partial charge in [-0.2, -0.15) is 0 Å². The van der Waals surface area contributed by atoms with Crippen LogP contribution in [-0.2, 0) is 16.1 Å². The maximum absolute atomic E-state index is 12.6. The first-order chi connectivity index (χ1) is 15.5. The highest BCUT2D eigenvalue weighted by Gasteiger charge is 2.19. The average Bonchev–Trinajstić information content (AvgIpc) is 2.82. The highest BCUT2D eigenvalue weighted by molar-refractivity contribution is 5.79. The minimum atomic E-state index is -0.384. The molecule has 0 bridgehead atoms. The number of benzene rings is 2. The summed E-state index contributed by atoms with van der Waals surface area (Å²) in [6.07, 6.45) is 6.68. The molecule has 0 heterocycles. The lowest BCUT2D eigenvalue weighted by molar-refractivity contribution is -0.122. The van der Waals surface area contributed by atoms with Gasteiger partial charge in [0.15, 0.2) is 0 Å². The van der Waals surface area contributed by atoms with E-state index < -0.39 is 0 Å². The van der Waals surface area contributed by atoms with Crippen LogP contribution >= 0.6 is 0 Å². The van der Waals surface area contributed by atoms with Crippen LogP contribution in [0.3, 0.4) is 0 Å². The Hall–Kier alpha value is -3.02. The number of ether oxygens (including phenoxy) is 1. The van der Waals surface area contributed by atoms with Crippen molar-refractivity contribution in [1.29, 1.82) is 0 Å². The van der Waals surface area contributed by atoms with Gasteiger partial charge in [-0.3, -0.25) is 9.59 Å². The minimum Gasteiger partial charge on any atom is -0.497 e. The molecule has 172 valence electrons. The van der Waals surface area contributed by atoms with Crippen molar-refractivity contribution in [3.63, 3.8) is 0 Å². The molecule has 1 atom stereocenters. The maximum Gasteiger partial charge on any atom is 0.222 e. The van der Waals surface area contributed by atoms with Crippen LogP contribution in [-0.4, -0.2) is 32.0 Å². The molecule has 2 N–H and O–H groups in total. The summed E-state index contributed by atoms with van der Waals surface area (Å²) in [4.78, 5) is 26.6. The number of nitrogens with zero attached hydrogens (tertiary/aromatic N) is 1. The fraction of sp³-hybridized carbons (Fsp3) is 0.462. The zero-order chi connectivity index (χ0) is 22.9. The second-order valence-electron chi connectivity index (χ2n) is 8.58. The molecule has 2 amide bonds. The summed E-state index contributed by atoms with van der Waals surface area (Å²) in [5, 5.41) is 5.85. The Morgan fingerprint density at radius 2 is 1.69 bits per heavy atom. The van der Waals surface area contributed by atoms with Crippen molar-refractivity contribution in [2.24, 2.45) is 0 Å². The molecule has 3 rings (SSSR count). The molecule has 2 aromatic rings. The van der Waals surface area contributed by atoms with E-state index in [4.69, 9.17) is 4.74 Å². The van der Waals surface area contributed by atoms with Crippen LogP contribution in [0, 0.1) is 0 Å². The number of hydrogen-bond acceptors (Lipinski definition) is 4. The van der Waals surface area contributed by atoms with Gasteiger partial charge in [0.2, 0.25) is 11.8 Å². The molecule has 0 spiro atoms. The number of methoxy groups -OCH3 is 1. The Morgan fingerprint density at radius 3 is 2.28 bits per heavy atom. The third-order valence-electron chi connectivity index (χ3n) is 6.24. The summed E-state index contributed by atoms with van der Waals surface area (Å²) in [5.74, 6) is 0.455. The second-order valence-corrected chi connectivity index (χ2v) is 8.58. The van der Waals surface area contributed by atoms with Crippen LogP contribution in [0.25, 0.3) is 0 Å². The van der Waals surface area contributed by atoms with Gasteiger partial charge in [0.1, 0.15) is 5.75 Å². The van der Waals surface area contributed by atoms with Crippen molar-refractivity contribution in [3.8, 4) is 5.75 Å². The number of amides is 2. The van der Waals surface area contributed by atoms with Crippen molar-refractivity contribution < 1.29 is 14.3 Å². The summed E-state index contributed by atoms with van der Waals surface area (Å²) in [6, 6.07) is 16.0. The van der Waals surface area contributed by atoms with E-state index in [-0.39, 0.29) is 24.3 Å². The molecule has 0 aliphatic heterocycles. The zero-order valence-corrected chi connectivity index (χ0v) is 19.4. The van der Waals surface area contributed by atoms with Gasteiger partial charge in [-0.05, 0) is 48.2 Å². The van der Waals surface area contributed by atoms with Gasteiger partial charge >= 0.3 is 0 Å².